The van der Waals surface area contributed by atoms with E-state index >= 15 is 0 Å². The van der Waals surface area contributed by atoms with Crippen LogP contribution in [0.5, 0.6) is 0 Å². The first kappa shape index (κ1) is 14.5. The fourth-order valence-corrected chi connectivity index (χ4v) is 2.06. The molecule has 1 fully saturated rings. The van der Waals surface area contributed by atoms with Gasteiger partial charge in [-0.3, -0.25) is 10.1 Å². The minimum Gasteiger partial charge on any atom is -0.468 e. The van der Waals surface area contributed by atoms with E-state index in [9.17, 15) is 4.79 Å². The third kappa shape index (κ3) is 4.28. The number of carbonyl (C=O) groups is 1. The van der Waals surface area contributed by atoms with Crippen LogP contribution in [0.1, 0.15) is 33.1 Å². The Kier molecular flexibility index (Phi) is 5.92. The molecule has 0 aromatic heterocycles. The van der Waals surface area contributed by atoms with Gasteiger partial charge in [-0.05, 0) is 24.7 Å². The van der Waals surface area contributed by atoms with Crippen molar-refractivity contribution in [2.45, 2.75) is 45.2 Å². The predicted molar refractivity (Wildman–Crippen MR) is 66.8 cm³/mol. The van der Waals surface area contributed by atoms with Gasteiger partial charge >= 0.3 is 5.97 Å². The van der Waals surface area contributed by atoms with Crippen molar-refractivity contribution >= 4 is 5.97 Å². The quantitative estimate of drug-likeness (QED) is 0.658. The number of methoxy groups -OCH3 is 2. The maximum Gasteiger partial charge on any atom is 0.323 e. The first-order valence-corrected chi connectivity index (χ1v) is 6.46. The summed E-state index contributed by atoms with van der Waals surface area (Å²) in [5.74, 6) is 0.771. The summed E-state index contributed by atoms with van der Waals surface area (Å²) in [6.45, 7) is 4.82. The Hall–Kier alpha value is -0.610. The Labute approximate surface area is 104 Å². The maximum atomic E-state index is 11.8. The van der Waals surface area contributed by atoms with Crippen molar-refractivity contribution < 1.29 is 14.3 Å². The molecule has 1 rings (SSSR count). The van der Waals surface area contributed by atoms with Crippen LogP contribution in [0, 0.1) is 11.8 Å². The van der Waals surface area contributed by atoms with Crippen molar-refractivity contribution in [3.8, 4) is 0 Å². The monoisotopic (exact) mass is 243 g/mol. The molecule has 100 valence electrons. The summed E-state index contributed by atoms with van der Waals surface area (Å²) in [5, 5.41) is 3.42. The second-order valence-electron chi connectivity index (χ2n) is 4.95. The molecule has 0 spiro atoms. The van der Waals surface area contributed by atoms with E-state index in [0.717, 1.165) is 6.42 Å². The third-order valence-electron chi connectivity index (χ3n) is 3.60. The molecule has 0 aromatic carbocycles. The number of ether oxygens (including phenoxy) is 2. The van der Waals surface area contributed by atoms with Crippen molar-refractivity contribution in [3.05, 3.63) is 0 Å². The second kappa shape index (κ2) is 6.97. The highest BCUT2D eigenvalue weighted by atomic mass is 16.5. The molecule has 1 aliphatic carbocycles. The van der Waals surface area contributed by atoms with Crippen LogP contribution in [0.4, 0.5) is 0 Å². The van der Waals surface area contributed by atoms with E-state index in [2.05, 4.69) is 19.2 Å². The molecule has 0 aromatic rings. The molecule has 0 aliphatic heterocycles. The molecule has 17 heavy (non-hydrogen) atoms. The van der Waals surface area contributed by atoms with Crippen molar-refractivity contribution in [2.24, 2.45) is 11.8 Å². The van der Waals surface area contributed by atoms with Crippen LogP contribution in [0.2, 0.25) is 0 Å². The molecule has 1 aliphatic rings. The summed E-state index contributed by atoms with van der Waals surface area (Å²) in [6, 6.07) is 0.0591. The van der Waals surface area contributed by atoms with Gasteiger partial charge in [0.15, 0.2) is 0 Å². The van der Waals surface area contributed by atoms with Crippen LogP contribution in [-0.2, 0) is 14.3 Å². The smallest absolute Gasteiger partial charge is 0.323 e. The summed E-state index contributed by atoms with van der Waals surface area (Å²) in [7, 11) is 3.15. The van der Waals surface area contributed by atoms with Gasteiger partial charge in [0.2, 0.25) is 0 Å². The molecular weight excluding hydrogens is 218 g/mol. The van der Waals surface area contributed by atoms with Crippen LogP contribution in [0.3, 0.4) is 0 Å². The third-order valence-corrected chi connectivity index (χ3v) is 3.60. The molecule has 1 N–H and O–H groups in total. The van der Waals surface area contributed by atoms with E-state index in [0.29, 0.717) is 12.5 Å². The topological polar surface area (TPSA) is 47.6 Å². The average Bonchev–Trinajstić information content (AvgIpc) is 3.16. The van der Waals surface area contributed by atoms with Gasteiger partial charge in [0.1, 0.15) is 6.04 Å². The van der Waals surface area contributed by atoms with E-state index in [1.807, 2.05) is 0 Å². The number of nitrogens with one attached hydrogen (secondary N) is 1. The molecule has 4 heteroatoms. The highest BCUT2D eigenvalue weighted by Crippen LogP contribution is 2.33. The minimum absolute atomic E-state index is 0.166. The standard InChI is InChI=1S/C13H25NO3/c1-5-9(2)12(13(15)17-4)14-11(8-16-3)10-6-7-10/h9-12,14H,5-8H2,1-4H3. The molecule has 0 bridgehead atoms. The molecule has 1 saturated carbocycles. The molecule has 3 unspecified atom stereocenters. The number of hydrogen-bond acceptors (Lipinski definition) is 4. The molecule has 4 nitrogen and oxygen atoms in total. The number of rotatable bonds is 8. The van der Waals surface area contributed by atoms with E-state index in [1.165, 1.54) is 20.0 Å². The minimum atomic E-state index is -0.217. The first-order chi connectivity index (χ1) is 8.13. The fraction of sp³-hybridized carbons (Fsp3) is 0.923. The Balaban J connectivity index is 2.58. The Morgan fingerprint density at radius 1 is 1.41 bits per heavy atom. The van der Waals surface area contributed by atoms with E-state index in [4.69, 9.17) is 9.47 Å². The summed E-state index contributed by atoms with van der Waals surface area (Å²) >= 11 is 0. The van der Waals surface area contributed by atoms with Crippen LogP contribution >= 0.6 is 0 Å². The SMILES string of the molecule is CCC(C)C(NC(COC)C1CC1)C(=O)OC. The molecule has 0 heterocycles. The zero-order chi connectivity index (χ0) is 12.8. The number of esters is 1. The van der Waals surface area contributed by atoms with Gasteiger partial charge in [-0.2, -0.15) is 0 Å². The van der Waals surface area contributed by atoms with Crippen LogP contribution in [0.15, 0.2) is 0 Å². The lowest BCUT2D eigenvalue weighted by Gasteiger charge is -2.27. The Bertz CT molecular complexity index is 241. The van der Waals surface area contributed by atoms with Crippen LogP contribution in [0.25, 0.3) is 0 Å². The van der Waals surface area contributed by atoms with E-state index in [1.54, 1.807) is 7.11 Å². The van der Waals surface area contributed by atoms with Gasteiger partial charge in [-0.25, -0.2) is 0 Å². The Morgan fingerprint density at radius 3 is 2.47 bits per heavy atom. The van der Waals surface area contributed by atoms with Crippen LogP contribution in [-0.4, -0.2) is 38.9 Å². The van der Waals surface area contributed by atoms with Gasteiger partial charge in [-0.1, -0.05) is 20.3 Å². The van der Waals surface area contributed by atoms with Gasteiger partial charge in [0, 0.05) is 13.2 Å². The van der Waals surface area contributed by atoms with Gasteiger partial charge in [0.25, 0.3) is 0 Å². The molecule has 0 radical (unpaired) electrons. The molecule has 0 saturated heterocycles. The first-order valence-electron chi connectivity index (χ1n) is 6.46. The Morgan fingerprint density at radius 2 is 2.06 bits per heavy atom. The van der Waals surface area contributed by atoms with Crippen LogP contribution < -0.4 is 5.32 Å². The molecule has 3 atom stereocenters. The largest absolute Gasteiger partial charge is 0.468 e. The summed E-state index contributed by atoms with van der Waals surface area (Å²) < 4.78 is 10.1. The van der Waals surface area contributed by atoms with Crippen molar-refractivity contribution in [1.29, 1.82) is 0 Å². The number of carbonyl (C=O) groups excluding carboxylic acids is 1. The predicted octanol–water partition coefficient (Wildman–Crippen LogP) is 1.59. The van der Waals surface area contributed by atoms with Crippen molar-refractivity contribution in [3.63, 3.8) is 0 Å². The maximum absolute atomic E-state index is 11.8. The highest BCUT2D eigenvalue weighted by molar-refractivity contribution is 5.76. The summed E-state index contributed by atoms with van der Waals surface area (Å²) in [5.41, 5.74) is 0. The normalized spacial score (nSPS) is 20.7. The van der Waals surface area contributed by atoms with Gasteiger partial charge in [0.05, 0.1) is 13.7 Å². The average molecular weight is 243 g/mol. The zero-order valence-corrected chi connectivity index (χ0v) is 11.4. The lowest BCUT2D eigenvalue weighted by Crippen LogP contribution is -2.50. The number of hydrogen-bond donors (Lipinski definition) is 1. The van der Waals surface area contributed by atoms with E-state index < -0.39 is 0 Å². The highest BCUT2D eigenvalue weighted by Gasteiger charge is 2.35. The lowest BCUT2D eigenvalue weighted by atomic mass is 9.97. The summed E-state index contributed by atoms with van der Waals surface area (Å²) in [4.78, 5) is 11.8. The van der Waals surface area contributed by atoms with Crippen molar-refractivity contribution in [1.82, 2.24) is 5.32 Å². The van der Waals surface area contributed by atoms with Crippen molar-refractivity contribution in [2.75, 3.05) is 20.8 Å². The molecule has 0 amide bonds. The van der Waals surface area contributed by atoms with E-state index in [-0.39, 0.29) is 24.0 Å². The van der Waals surface area contributed by atoms with Gasteiger partial charge < -0.3 is 9.47 Å². The fourth-order valence-electron chi connectivity index (χ4n) is 2.06. The van der Waals surface area contributed by atoms with Gasteiger partial charge in [-0.15, -0.1) is 0 Å². The molecular formula is C13H25NO3. The lowest BCUT2D eigenvalue weighted by molar-refractivity contribution is -0.145. The summed E-state index contributed by atoms with van der Waals surface area (Å²) in [6.07, 6.45) is 3.42. The second-order valence-corrected chi connectivity index (χ2v) is 4.95. The zero-order valence-electron chi connectivity index (χ0n) is 11.4.